The van der Waals surface area contributed by atoms with Crippen LogP contribution in [0.5, 0.6) is 0 Å². The molecule has 2 aromatic heterocycles. The first-order valence-corrected chi connectivity index (χ1v) is 6.02. The van der Waals surface area contributed by atoms with Crippen LogP contribution in [-0.4, -0.2) is 14.8 Å². The number of aromatic nitrogens is 3. The molecule has 0 unspecified atom stereocenters. The average Bonchev–Trinajstić information content (AvgIpc) is 2.98. The number of rotatable bonds is 2. The van der Waals surface area contributed by atoms with Crippen molar-refractivity contribution >= 4 is 16.5 Å². The molecule has 0 amide bonds. The lowest BCUT2D eigenvalue weighted by Gasteiger charge is -1.98. The second kappa shape index (κ2) is 4.03. The van der Waals surface area contributed by atoms with Crippen molar-refractivity contribution in [1.29, 1.82) is 0 Å². The molecule has 0 bridgehead atoms. The normalized spacial score (nSPS) is 10.6. The Morgan fingerprint density at radius 2 is 2.00 bits per heavy atom. The third kappa shape index (κ3) is 1.92. The van der Waals surface area contributed by atoms with E-state index in [9.17, 15) is 0 Å². The van der Waals surface area contributed by atoms with Gasteiger partial charge in [-0.15, -0.1) is 11.3 Å². The fourth-order valence-corrected chi connectivity index (χ4v) is 2.17. The quantitative estimate of drug-likeness (QED) is 0.751. The number of benzene rings is 1. The Kier molecular flexibility index (Phi) is 2.38. The third-order valence-corrected chi connectivity index (χ3v) is 3.09. The van der Waals surface area contributed by atoms with Crippen molar-refractivity contribution in [2.24, 2.45) is 0 Å². The summed E-state index contributed by atoms with van der Waals surface area (Å²) >= 11 is 1.43. The minimum atomic E-state index is 0.576. The molecule has 0 atom stereocenters. The number of nitrogens with zero attached hydrogens (tertiary/aromatic N) is 3. The molecule has 0 radical (unpaired) electrons. The van der Waals surface area contributed by atoms with E-state index in [0.29, 0.717) is 5.13 Å². The molecule has 0 spiro atoms. The van der Waals surface area contributed by atoms with Gasteiger partial charge < -0.3 is 5.73 Å². The fourth-order valence-electron chi connectivity index (χ4n) is 1.60. The second-order valence-corrected chi connectivity index (χ2v) is 4.47. The van der Waals surface area contributed by atoms with E-state index in [1.54, 1.807) is 6.20 Å². The van der Waals surface area contributed by atoms with Gasteiger partial charge in [-0.3, -0.25) is 0 Å². The SMILES string of the molecule is Nc1nc(-c2cnn(-c3ccccc3)c2)cs1. The molecular weight excluding hydrogens is 232 g/mol. The van der Waals surface area contributed by atoms with Gasteiger partial charge in [-0.05, 0) is 12.1 Å². The van der Waals surface area contributed by atoms with Crippen molar-refractivity contribution in [3.05, 3.63) is 48.1 Å². The average molecular weight is 242 g/mol. The van der Waals surface area contributed by atoms with Crippen LogP contribution in [-0.2, 0) is 0 Å². The van der Waals surface area contributed by atoms with Crippen LogP contribution in [0.2, 0.25) is 0 Å². The molecule has 4 nitrogen and oxygen atoms in total. The van der Waals surface area contributed by atoms with E-state index < -0.39 is 0 Å². The van der Waals surface area contributed by atoms with Gasteiger partial charge in [0.15, 0.2) is 5.13 Å². The molecule has 3 aromatic rings. The Morgan fingerprint density at radius 1 is 1.18 bits per heavy atom. The van der Waals surface area contributed by atoms with Gasteiger partial charge in [0.2, 0.25) is 0 Å². The van der Waals surface area contributed by atoms with E-state index in [1.165, 1.54) is 11.3 Å². The summed E-state index contributed by atoms with van der Waals surface area (Å²) in [4.78, 5) is 4.23. The van der Waals surface area contributed by atoms with E-state index in [2.05, 4.69) is 10.1 Å². The maximum atomic E-state index is 5.61. The van der Waals surface area contributed by atoms with Crippen LogP contribution < -0.4 is 5.73 Å². The van der Waals surface area contributed by atoms with E-state index in [4.69, 9.17) is 5.73 Å². The Labute approximate surface area is 102 Å². The summed E-state index contributed by atoms with van der Waals surface area (Å²) in [7, 11) is 0. The molecule has 84 valence electrons. The Balaban J connectivity index is 1.99. The molecule has 5 heteroatoms. The maximum absolute atomic E-state index is 5.61. The van der Waals surface area contributed by atoms with Gasteiger partial charge in [-0.2, -0.15) is 5.10 Å². The Morgan fingerprint density at radius 3 is 2.71 bits per heavy atom. The first-order valence-electron chi connectivity index (χ1n) is 5.14. The van der Waals surface area contributed by atoms with E-state index in [0.717, 1.165) is 16.9 Å². The number of thiazole rings is 1. The lowest BCUT2D eigenvalue weighted by Crippen LogP contribution is -1.92. The summed E-state index contributed by atoms with van der Waals surface area (Å²) in [5, 5.41) is 6.82. The zero-order chi connectivity index (χ0) is 11.7. The number of nitrogens with two attached hydrogens (primary N) is 1. The predicted molar refractivity (Wildman–Crippen MR) is 69.1 cm³/mol. The fraction of sp³-hybridized carbons (Fsp3) is 0. The molecule has 17 heavy (non-hydrogen) atoms. The highest BCUT2D eigenvalue weighted by atomic mass is 32.1. The van der Waals surface area contributed by atoms with Crippen LogP contribution in [0.4, 0.5) is 5.13 Å². The number of anilines is 1. The molecular formula is C12H10N4S. The Bertz CT molecular complexity index is 627. The predicted octanol–water partition coefficient (Wildman–Crippen LogP) is 2.58. The Hall–Kier alpha value is -2.14. The van der Waals surface area contributed by atoms with E-state index >= 15 is 0 Å². The van der Waals surface area contributed by atoms with Crippen molar-refractivity contribution in [3.63, 3.8) is 0 Å². The van der Waals surface area contributed by atoms with Gasteiger partial charge in [-0.1, -0.05) is 18.2 Å². The lowest BCUT2D eigenvalue weighted by atomic mass is 10.3. The molecule has 0 saturated heterocycles. The van der Waals surface area contributed by atoms with Gasteiger partial charge in [0, 0.05) is 17.1 Å². The molecule has 3 rings (SSSR count). The molecule has 0 aliphatic carbocycles. The molecule has 0 aliphatic rings. The van der Waals surface area contributed by atoms with Gasteiger partial charge >= 0.3 is 0 Å². The van der Waals surface area contributed by atoms with Gasteiger partial charge in [0.1, 0.15) is 0 Å². The first kappa shape index (κ1) is 10.0. The van der Waals surface area contributed by atoms with Crippen molar-refractivity contribution in [2.75, 3.05) is 5.73 Å². The molecule has 2 heterocycles. The maximum Gasteiger partial charge on any atom is 0.180 e. The largest absolute Gasteiger partial charge is 0.375 e. The second-order valence-electron chi connectivity index (χ2n) is 3.58. The summed E-state index contributed by atoms with van der Waals surface area (Å²) in [5.41, 5.74) is 8.49. The first-order chi connectivity index (χ1) is 8.33. The minimum Gasteiger partial charge on any atom is -0.375 e. The summed E-state index contributed by atoms with van der Waals surface area (Å²) in [6, 6.07) is 9.96. The van der Waals surface area contributed by atoms with Gasteiger partial charge in [0.05, 0.1) is 17.6 Å². The van der Waals surface area contributed by atoms with Crippen molar-refractivity contribution < 1.29 is 0 Å². The molecule has 0 saturated carbocycles. The smallest absolute Gasteiger partial charge is 0.180 e. The summed E-state index contributed by atoms with van der Waals surface area (Å²) in [6.07, 6.45) is 3.74. The highest BCUT2D eigenvalue weighted by Gasteiger charge is 2.06. The van der Waals surface area contributed by atoms with Crippen LogP contribution >= 0.6 is 11.3 Å². The molecule has 0 fully saturated rings. The van der Waals surface area contributed by atoms with Crippen LogP contribution in [0.1, 0.15) is 0 Å². The van der Waals surface area contributed by atoms with Crippen LogP contribution in [0, 0.1) is 0 Å². The topological polar surface area (TPSA) is 56.7 Å². The van der Waals surface area contributed by atoms with Crippen molar-refractivity contribution in [1.82, 2.24) is 14.8 Å². The third-order valence-electron chi connectivity index (χ3n) is 2.42. The highest BCUT2D eigenvalue weighted by Crippen LogP contribution is 2.23. The molecule has 0 aliphatic heterocycles. The van der Waals surface area contributed by atoms with Crippen molar-refractivity contribution in [2.45, 2.75) is 0 Å². The standard InChI is InChI=1S/C12H10N4S/c13-12-15-11(8-17-12)9-6-14-16(7-9)10-4-2-1-3-5-10/h1-8H,(H2,13,15). The summed E-state index contributed by atoms with van der Waals surface area (Å²) < 4.78 is 1.82. The number of hydrogen-bond donors (Lipinski definition) is 1. The van der Waals surface area contributed by atoms with E-state index in [1.807, 2.05) is 46.6 Å². The summed E-state index contributed by atoms with van der Waals surface area (Å²) in [5.74, 6) is 0. The van der Waals surface area contributed by atoms with Crippen LogP contribution in [0.25, 0.3) is 16.9 Å². The van der Waals surface area contributed by atoms with Crippen molar-refractivity contribution in [3.8, 4) is 16.9 Å². The van der Waals surface area contributed by atoms with Crippen LogP contribution in [0.15, 0.2) is 48.1 Å². The van der Waals surface area contributed by atoms with Gasteiger partial charge in [0.25, 0.3) is 0 Å². The number of nitrogen functional groups attached to an aromatic ring is 1. The number of hydrogen-bond acceptors (Lipinski definition) is 4. The molecule has 1 aromatic carbocycles. The lowest BCUT2D eigenvalue weighted by molar-refractivity contribution is 0.881. The molecule has 2 N–H and O–H groups in total. The number of para-hydroxylation sites is 1. The highest BCUT2D eigenvalue weighted by molar-refractivity contribution is 7.13. The van der Waals surface area contributed by atoms with Gasteiger partial charge in [-0.25, -0.2) is 9.67 Å². The van der Waals surface area contributed by atoms with Crippen LogP contribution in [0.3, 0.4) is 0 Å². The van der Waals surface area contributed by atoms with E-state index in [-0.39, 0.29) is 0 Å². The zero-order valence-electron chi connectivity index (χ0n) is 8.95. The zero-order valence-corrected chi connectivity index (χ0v) is 9.76. The minimum absolute atomic E-state index is 0.576. The summed E-state index contributed by atoms with van der Waals surface area (Å²) in [6.45, 7) is 0. The monoisotopic (exact) mass is 242 g/mol.